The maximum atomic E-state index is 13.8. The number of methoxy groups -OCH3 is 2. The SMILES string of the molecule is COc1cc2ncnc(Oc3ccc(NC(=O)c4c5n(n(-c6ccc(F)cc6)c4=O)CCCC5)c4ccccc34)c2cc1OC. The van der Waals surface area contributed by atoms with Gasteiger partial charge in [-0.2, -0.15) is 0 Å². The number of fused-ring (bicyclic) bond motifs is 3. The molecule has 7 rings (SSSR count). The molecule has 0 spiro atoms. The largest absolute Gasteiger partial charge is 0.493 e. The molecular weight excluding hydrogens is 577 g/mol. The van der Waals surface area contributed by atoms with Crippen molar-refractivity contribution < 1.29 is 23.4 Å². The van der Waals surface area contributed by atoms with E-state index >= 15 is 0 Å². The number of carbonyl (C=O) groups excluding carboxylic acids is 1. The molecule has 0 atom stereocenters. The van der Waals surface area contributed by atoms with Crippen LogP contribution in [0.5, 0.6) is 23.1 Å². The Bertz CT molecular complexity index is 2160. The number of nitrogens with zero attached hydrogens (tertiary/aromatic N) is 4. The zero-order chi connectivity index (χ0) is 31.1. The van der Waals surface area contributed by atoms with Gasteiger partial charge in [0.25, 0.3) is 11.5 Å². The van der Waals surface area contributed by atoms with E-state index in [4.69, 9.17) is 14.2 Å². The van der Waals surface area contributed by atoms with E-state index < -0.39 is 17.3 Å². The summed E-state index contributed by atoms with van der Waals surface area (Å²) in [7, 11) is 3.11. The van der Waals surface area contributed by atoms with E-state index in [0.717, 1.165) is 18.2 Å². The second kappa shape index (κ2) is 11.4. The summed E-state index contributed by atoms with van der Waals surface area (Å²) >= 11 is 0. The number of amides is 1. The number of hydrogen-bond donors (Lipinski definition) is 1. The van der Waals surface area contributed by atoms with Crippen LogP contribution in [0.25, 0.3) is 27.4 Å². The van der Waals surface area contributed by atoms with Crippen LogP contribution < -0.4 is 25.1 Å². The lowest BCUT2D eigenvalue weighted by Gasteiger charge is -2.19. The van der Waals surface area contributed by atoms with Crippen molar-refractivity contribution >= 4 is 33.3 Å². The second-order valence-electron chi connectivity index (χ2n) is 10.6. The fraction of sp³-hybridized carbons (Fsp3) is 0.176. The molecule has 11 heteroatoms. The van der Waals surface area contributed by atoms with Crippen LogP contribution in [0.3, 0.4) is 0 Å². The average Bonchev–Trinajstić information content (AvgIpc) is 3.37. The lowest BCUT2D eigenvalue weighted by atomic mass is 10.0. The summed E-state index contributed by atoms with van der Waals surface area (Å²) in [5.41, 5.74) is 1.95. The lowest BCUT2D eigenvalue weighted by Crippen LogP contribution is -2.26. The van der Waals surface area contributed by atoms with Gasteiger partial charge in [-0.25, -0.2) is 19.0 Å². The maximum absolute atomic E-state index is 13.8. The van der Waals surface area contributed by atoms with Crippen molar-refractivity contribution in [2.45, 2.75) is 25.8 Å². The molecule has 0 radical (unpaired) electrons. The van der Waals surface area contributed by atoms with Crippen molar-refractivity contribution in [1.82, 2.24) is 19.3 Å². The van der Waals surface area contributed by atoms with Crippen molar-refractivity contribution in [3.05, 3.63) is 107 Å². The minimum atomic E-state index is -0.506. The molecule has 6 aromatic rings. The van der Waals surface area contributed by atoms with Crippen molar-refractivity contribution in [2.24, 2.45) is 0 Å². The summed E-state index contributed by atoms with van der Waals surface area (Å²) in [5.74, 6) is 0.978. The van der Waals surface area contributed by atoms with Gasteiger partial charge < -0.3 is 19.5 Å². The Labute approximate surface area is 256 Å². The molecule has 0 bridgehead atoms. The van der Waals surface area contributed by atoms with E-state index in [0.29, 0.717) is 69.5 Å². The van der Waals surface area contributed by atoms with Crippen LogP contribution in [0.1, 0.15) is 28.9 Å². The third-order valence-corrected chi connectivity index (χ3v) is 8.02. The number of aromatic nitrogens is 4. The first-order chi connectivity index (χ1) is 22.0. The molecule has 3 heterocycles. The van der Waals surface area contributed by atoms with Gasteiger partial charge in [0.2, 0.25) is 5.88 Å². The van der Waals surface area contributed by atoms with E-state index in [1.54, 1.807) is 50.6 Å². The van der Waals surface area contributed by atoms with Gasteiger partial charge in [-0.15, -0.1) is 0 Å². The molecule has 4 aromatic carbocycles. The zero-order valence-corrected chi connectivity index (χ0v) is 24.5. The fourth-order valence-electron chi connectivity index (χ4n) is 5.90. The van der Waals surface area contributed by atoms with Crippen LogP contribution in [0.15, 0.2) is 83.9 Å². The molecule has 1 aliphatic rings. The predicted molar refractivity (Wildman–Crippen MR) is 168 cm³/mol. The molecule has 0 unspecified atom stereocenters. The predicted octanol–water partition coefficient (Wildman–Crippen LogP) is 6.27. The number of anilines is 1. The maximum Gasteiger partial charge on any atom is 0.284 e. The minimum Gasteiger partial charge on any atom is -0.493 e. The first-order valence-corrected chi connectivity index (χ1v) is 14.4. The number of nitrogens with one attached hydrogen (secondary N) is 1. The summed E-state index contributed by atoms with van der Waals surface area (Å²) in [5, 5.41) is 5.05. The van der Waals surface area contributed by atoms with E-state index in [9.17, 15) is 14.0 Å². The molecule has 226 valence electrons. The number of benzene rings is 4. The molecule has 0 saturated heterocycles. The van der Waals surface area contributed by atoms with Gasteiger partial charge in [0, 0.05) is 29.1 Å². The smallest absolute Gasteiger partial charge is 0.284 e. The van der Waals surface area contributed by atoms with Crippen LogP contribution in [-0.2, 0) is 13.0 Å². The van der Waals surface area contributed by atoms with Crippen LogP contribution in [-0.4, -0.2) is 39.5 Å². The highest BCUT2D eigenvalue weighted by molar-refractivity contribution is 6.10. The lowest BCUT2D eigenvalue weighted by molar-refractivity contribution is 0.102. The standard InChI is InChI=1S/C34H28FN5O5/c1-43-29-17-24-26(18-30(29)44-2)36-19-37-33(24)45-28-15-14-25(22-7-3-4-8-23(22)28)38-32(41)31-27-9-5-6-16-39(27)40(34(31)42)21-12-10-20(35)11-13-21/h3-4,7-8,10-15,17-19H,5-6,9,16H2,1-2H3,(H,38,41). The first-order valence-electron chi connectivity index (χ1n) is 14.4. The van der Waals surface area contributed by atoms with Crippen LogP contribution >= 0.6 is 0 Å². The third kappa shape index (κ3) is 4.92. The highest BCUT2D eigenvalue weighted by Crippen LogP contribution is 2.39. The van der Waals surface area contributed by atoms with Gasteiger partial charge in [-0.1, -0.05) is 24.3 Å². The van der Waals surface area contributed by atoms with Gasteiger partial charge in [0.1, 0.15) is 23.5 Å². The van der Waals surface area contributed by atoms with Crippen LogP contribution in [0.2, 0.25) is 0 Å². The summed E-state index contributed by atoms with van der Waals surface area (Å²) in [6.45, 7) is 0.584. The Morgan fingerprint density at radius 2 is 1.62 bits per heavy atom. The summed E-state index contributed by atoms with van der Waals surface area (Å²) in [6, 6.07) is 20.2. The fourth-order valence-corrected chi connectivity index (χ4v) is 5.90. The Hall–Kier alpha value is -5.71. The summed E-state index contributed by atoms with van der Waals surface area (Å²) < 4.78 is 34.1. The van der Waals surface area contributed by atoms with Gasteiger partial charge in [-0.3, -0.25) is 14.3 Å². The molecule has 0 fully saturated rings. The average molecular weight is 606 g/mol. The minimum absolute atomic E-state index is 0.0836. The summed E-state index contributed by atoms with van der Waals surface area (Å²) in [4.78, 5) is 36.3. The van der Waals surface area contributed by atoms with E-state index in [1.165, 1.54) is 23.1 Å². The van der Waals surface area contributed by atoms with Crippen molar-refractivity contribution in [2.75, 3.05) is 19.5 Å². The molecule has 45 heavy (non-hydrogen) atoms. The molecule has 0 saturated carbocycles. The number of rotatable bonds is 7. The molecule has 1 aliphatic heterocycles. The molecular formula is C34H28FN5O5. The van der Waals surface area contributed by atoms with E-state index in [2.05, 4.69) is 15.3 Å². The summed E-state index contributed by atoms with van der Waals surface area (Å²) in [6.07, 6.45) is 3.73. The quantitative estimate of drug-likeness (QED) is 0.228. The molecule has 2 aromatic heterocycles. The Morgan fingerprint density at radius 1 is 0.867 bits per heavy atom. The Kier molecular flexibility index (Phi) is 7.13. The normalized spacial score (nSPS) is 12.6. The van der Waals surface area contributed by atoms with Crippen molar-refractivity contribution in [1.29, 1.82) is 0 Å². The number of halogens is 1. The number of carbonyl (C=O) groups is 1. The number of ether oxygens (including phenoxy) is 3. The molecule has 1 amide bonds. The van der Waals surface area contributed by atoms with E-state index in [1.807, 2.05) is 28.9 Å². The topological polar surface area (TPSA) is 110 Å². The highest BCUT2D eigenvalue weighted by Gasteiger charge is 2.28. The Morgan fingerprint density at radius 3 is 2.40 bits per heavy atom. The van der Waals surface area contributed by atoms with Gasteiger partial charge in [0.15, 0.2) is 11.5 Å². The molecule has 0 aliphatic carbocycles. The second-order valence-corrected chi connectivity index (χ2v) is 10.6. The third-order valence-electron chi connectivity index (χ3n) is 8.02. The van der Waals surface area contributed by atoms with Crippen LogP contribution in [0.4, 0.5) is 10.1 Å². The van der Waals surface area contributed by atoms with Crippen LogP contribution in [0, 0.1) is 5.82 Å². The first kappa shape index (κ1) is 28.1. The van der Waals surface area contributed by atoms with Gasteiger partial charge in [-0.05, 0) is 61.7 Å². The van der Waals surface area contributed by atoms with Crippen molar-refractivity contribution in [3.8, 4) is 28.8 Å². The van der Waals surface area contributed by atoms with E-state index in [-0.39, 0.29) is 5.56 Å². The van der Waals surface area contributed by atoms with Gasteiger partial charge >= 0.3 is 0 Å². The molecule has 10 nitrogen and oxygen atoms in total. The number of hydrogen-bond acceptors (Lipinski definition) is 7. The molecule has 1 N–H and O–H groups in total. The zero-order valence-electron chi connectivity index (χ0n) is 24.5. The highest BCUT2D eigenvalue weighted by atomic mass is 19.1. The van der Waals surface area contributed by atoms with Gasteiger partial charge in [0.05, 0.1) is 36.5 Å². The monoisotopic (exact) mass is 605 g/mol. The Balaban J connectivity index is 1.26. The van der Waals surface area contributed by atoms with Crippen molar-refractivity contribution in [3.63, 3.8) is 0 Å².